The van der Waals surface area contributed by atoms with E-state index in [0.29, 0.717) is 12.1 Å². The van der Waals surface area contributed by atoms with E-state index in [1.807, 2.05) is 6.92 Å². The fraction of sp³-hybridized carbons (Fsp3) is 0.562. The van der Waals surface area contributed by atoms with Gasteiger partial charge in [0.25, 0.3) is 5.91 Å². The summed E-state index contributed by atoms with van der Waals surface area (Å²) in [7, 11) is -5.24. The van der Waals surface area contributed by atoms with Crippen LogP contribution < -0.4 is 0 Å². The molecule has 0 spiro atoms. The molecule has 1 aliphatic rings. The van der Waals surface area contributed by atoms with Gasteiger partial charge in [0, 0.05) is 19.2 Å². The molecule has 0 N–H and O–H groups in total. The molecule has 1 aromatic rings. The third kappa shape index (κ3) is 4.16. The number of rotatable bonds is 6. The Balaban J connectivity index is 2.16. The van der Waals surface area contributed by atoms with Crippen molar-refractivity contribution in [3.63, 3.8) is 0 Å². The zero-order chi connectivity index (χ0) is 18.0. The standard InChI is InChI=1S/C16H23NO5S2/c1-3-4-10-17(2)16(18)13-5-7-14(8-6-13)24(21,22)15-9-11-23(19,20)12-15/h5-8,15H,3-4,9-12H2,1-2H3. The fourth-order valence-corrected chi connectivity index (χ4v) is 7.06. The number of amides is 1. The van der Waals surface area contributed by atoms with Gasteiger partial charge in [-0.2, -0.15) is 0 Å². The summed E-state index contributed by atoms with van der Waals surface area (Å²) in [5.74, 6) is -0.568. The van der Waals surface area contributed by atoms with Gasteiger partial charge in [-0.15, -0.1) is 0 Å². The van der Waals surface area contributed by atoms with E-state index >= 15 is 0 Å². The number of unbranched alkanes of at least 4 members (excludes halogenated alkanes) is 1. The van der Waals surface area contributed by atoms with Gasteiger partial charge in [0.2, 0.25) is 0 Å². The molecule has 8 heteroatoms. The maximum atomic E-state index is 12.5. The van der Waals surface area contributed by atoms with Gasteiger partial charge < -0.3 is 4.90 Å². The van der Waals surface area contributed by atoms with Crippen LogP contribution in [0.15, 0.2) is 29.2 Å². The first kappa shape index (κ1) is 18.9. The lowest BCUT2D eigenvalue weighted by atomic mass is 10.2. The van der Waals surface area contributed by atoms with Crippen LogP contribution in [-0.2, 0) is 19.7 Å². The van der Waals surface area contributed by atoms with Crippen LogP contribution in [0.5, 0.6) is 0 Å². The lowest BCUT2D eigenvalue weighted by Crippen LogP contribution is -2.27. The molecule has 0 radical (unpaired) electrons. The minimum atomic E-state index is -3.69. The van der Waals surface area contributed by atoms with Gasteiger partial charge in [0.05, 0.1) is 21.7 Å². The van der Waals surface area contributed by atoms with Gasteiger partial charge >= 0.3 is 0 Å². The Hall–Kier alpha value is -1.41. The van der Waals surface area contributed by atoms with E-state index in [1.165, 1.54) is 24.3 Å². The maximum Gasteiger partial charge on any atom is 0.253 e. The summed E-state index contributed by atoms with van der Waals surface area (Å²) >= 11 is 0. The average Bonchev–Trinajstić information content (AvgIpc) is 2.92. The summed E-state index contributed by atoms with van der Waals surface area (Å²) in [5.41, 5.74) is 0.423. The zero-order valence-electron chi connectivity index (χ0n) is 13.9. The molecule has 1 atom stereocenters. The van der Waals surface area contributed by atoms with Crippen LogP contribution >= 0.6 is 0 Å². The highest BCUT2D eigenvalue weighted by molar-refractivity contribution is 7.96. The average molecular weight is 373 g/mol. The van der Waals surface area contributed by atoms with Gasteiger partial charge in [0.15, 0.2) is 19.7 Å². The summed E-state index contributed by atoms with van der Waals surface area (Å²) in [6.45, 7) is 2.69. The molecule has 1 unspecified atom stereocenters. The molecule has 24 heavy (non-hydrogen) atoms. The second-order valence-corrected chi connectivity index (χ2v) is 10.6. The Morgan fingerprint density at radius 1 is 1.25 bits per heavy atom. The number of carbonyl (C=O) groups excluding carboxylic acids is 1. The highest BCUT2D eigenvalue weighted by atomic mass is 32.2. The van der Waals surface area contributed by atoms with Crippen molar-refractivity contribution >= 4 is 25.6 Å². The molecule has 1 fully saturated rings. The Morgan fingerprint density at radius 2 is 1.88 bits per heavy atom. The molecule has 0 saturated carbocycles. The maximum absolute atomic E-state index is 12.5. The normalized spacial score (nSPS) is 20.0. The second-order valence-electron chi connectivity index (χ2n) is 6.17. The minimum Gasteiger partial charge on any atom is -0.342 e. The van der Waals surface area contributed by atoms with Crippen molar-refractivity contribution in [3.8, 4) is 0 Å². The first-order chi connectivity index (χ1) is 11.2. The van der Waals surface area contributed by atoms with Crippen molar-refractivity contribution in [2.24, 2.45) is 0 Å². The lowest BCUT2D eigenvalue weighted by molar-refractivity contribution is 0.0793. The summed E-state index contributed by atoms with van der Waals surface area (Å²) in [6.07, 6.45) is 2.02. The molecular weight excluding hydrogens is 350 g/mol. The van der Waals surface area contributed by atoms with Crippen molar-refractivity contribution in [1.29, 1.82) is 0 Å². The van der Waals surface area contributed by atoms with Gasteiger partial charge in [-0.25, -0.2) is 16.8 Å². The molecule has 6 nitrogen and oxygen atoms in total. The van der Waals surface area contributed by atoms with Gasteiger partial charge in [-0.05, 0) is 37.1 Å². The molecule has 2 rings (SSSR count). The Morgan fingerprint density at radius 3 is 2.38 bits per heavy atom. The SMILES string of the molecule is CCCCN(C)C(=O)c1ccc(S(=O)(=O)C2CCS(=O)(=O)C2)cc1. The minimum absolute atomic E-state index is 0.0670. The molecule has 0 aromatic heterocycles. The van der Waals surface area contributed by atoms with Crippen molar-refractivity contribution in [3.05, 3.63) is 29.8 Å². The van der Waals surface area contributed by atoms with E-state index in [-0.39, 0.29) is 28.7 Å². The molecule has 1 aromatic carbocycles. The second kappa shape index (κ2) is 7.23. The van der Waals surface area contributed by atoms with E-state index < -0.39 is 24.9 Å². The highest BCUT2D eigenvalue weighted by Crippen LogP contribution is 2.25. The Bertz CT molecular complexity index is 797. The fourth-order valence-electron chi connectivity index (χ4n) is 2.70. The van der Waals surface area contributed by atoms with Crippen LogP contribution in [0.2, 0.25) is 0 Å². The lowest BCUT2D eigenvalue weighted by Gasteiger charge is -2.17. The van der Waals surface area contributed by atoms with Crippen LogP contribution in [0.25, 0.3) is 0 Å². The predicted octanol–water partition coefficient (Wildman–Crippen LogP) is 1.52. The van der Waals surface area contributed by atoms with Crippen LogP contribution in [0.1, 0.15) is 36.5 Å². The van der Waals surface area contributed by atoms with Crippen molar-refractivity contribution in [2.75, 3.05) is 25.1 Å². The monoisotopic (exact) mass is 373 g/mol. The van der Waals surface area contributed by atoms with Crippen LogP contribution in [0.3, 0.4) is 0 Å². The smallest absolute Gasteiger partial charge is 0.253 e. The first-order valence-corrected chi connectivity index (χ1v) is 11.3. The number of carbonyl (C=O) groups is 1. The summed E-state index contributed by atoms with van der Waals surface area (Å²) in [6, 6.07) is 5.75. The molecular formula is C16H23NO5S2. The van der Waals surface area contributed by atoms with Gasteiger partial charge in [-0.1, -0.05) is 13.3 Å². The van der Waals surface area contributed by atoms with Crippen molar-refractivity contribution in [2.45, 2.75) is 36.3 Å². The van der Waals surface area contributed by atoms with Crippen LogP contribution in [0, 0.1) is 0 Å². The molecule has 134 valence electrons. The van der Waals surface area contributed by atoms with Crippen molar-refractivity contribution < 1.29 is 21.6 Å². The van der Waals surface area contributed by atoms with Gasteiger partial charge in [-0.3, -0.25) is 4.79 Å². The summed E-state index contributed by atoms with van der Waals surface area (Å²) < 4.78 is 48.1. The molecule has 1 amide bonds. The van der Waals surface area contributed by atoms with E-state index in [4.69, 9.17) is 0 Å². The number of benzene rings is 1. The summed E-state index contributed by atoms with van der Waals surface area (Å²) in [4.78, 5) is 13.9. The Kier molecular flexibility index (Phi) is 5.70. The molecule has 1 heterocycles. The Labute approximate surface area is 143 Å². The number of nitrogens with zero attached hydrogens (tertiary/aromatic N) is 1. The molecule has 1 saturated heterocycles. The molecule has 0 bridgehead atoms. The number of hydrogen-bond acceptors (Lipinski definition) is 5. The molecule has 1 aliphatic heterocycles. The third-order valence-electron chi connectivity index (χ3n) is 4.25. The van der Waals surface area contributed by atoms with E-state index in [2.05, 4.69) is 0 Å². The number of hydrogen-bond donors (Lipinski definition) is 0. The predicted molar refractivity (Wildman–Crippen MR) is 92.6 cm³/mol. The highest BCUT2D eigenvalue weighted by Gasteiger charge is 2.38. The van der Waals surface area contributed by atoms with Crippen LogP contribution in [0.4, 0.5) is 0 Å². The topological polar surface area (TPSA) is 88.6 Å². The first-order valence-electron chi connectivity index (χ1n) is 7.97. The summed E-state index contributed by atoms with van der Waals surface area (Å²) in [5, 5.41) is -0.892. The van der Waals surface area contributed by atoms with Gasteiger partial charge in [0.1, 0.15) is 0 Å². The molecule has 0 aliphatic carbocycles. The zero-order valence-corrected chi connectivity index (χ0v) is 15.6. The number of sulfone groups is 2. The quantitative estimate of drug-likeness (QED) is 0.754. The van der Waals surface area contributed by atoms with E-state index in [0.717, 1.165) is 12.8 Å². The van der Waals surface area contributed by atoms with E-state index in [1.54, 1.807) is 11.9 Å². The van der Waals surface area contributed by atoms with E-state index in [9.17, 15) is 21.6 Å². The van der Waals surface area contributed by atoms with Crippen LogP contribution in [-0.4, -0.2) is 58.0 Å². The third-order valence-corrected chi connectivity index (χ3v) is 8.44. The van der Waals surface area contributed by atoms with Crippen molar-refractivity contribution in [1.82, 2.24) is 4.90 Å². The largest absolute Gasteiger partial charge is 0.342 e.